The lowest BCUT2D eigenvalue weighted by molar-refractivity contribution is -0.182. The van der Waals surface area contributed by atoms with E-state index < -0.39 is 12.1 Å². The number of nitrogens with zero attached hydrogens (tertiary/aromatic N) is 2. The molecule has 6 heteroatoms. The summed E-state index contributed by atoms with van der Waals surface area (Å²) in [6.45, 7) is 1.87. The average Bonchev–Trinajstić information content (AvgIpc) is 2.92. The van der Waals surface area contributed by atoms with Crippen molar-refractivity contribution in [3.8, 4) is 0 Å². The molecule has 0 spiro atoms. The summed E-state index contributed by atoms with van der Waals surface area (Å²) in [5, 5.41) is 3.49. The summed E-state index contributed by atoms with van der Waals surface area (Å²) in [6.07, 6.45) is 3.79. The van der Waals surface area contributed by atoms with Crippen molar-refractivity contribution in [3.63, 3.8) is 0 Å². The number of hydrogen-bond donors (Lipinski definition) is 1. The summed E-state index contributed by atoms with van der Waals surface area (Å²) in [5.41, 5.74) is 0. The van der Waals surface area contributed by atoms with Gasteiger partial charge in [-0.25, -0.2) is 4.98 Å². The molecule has 1 aliphatic carbocycles. The van der Waals surface area contributed by atoms with Gasteiger partial charge in [-0.15, -0.1) is 0 Å². The van der Waals surface area contributed by atoms with Crippen LogP contribution in [0.25, 0.3) is 0 Å². The Morgan fingerprint density at radius 1 is 1.19 bits per heavy atom. The molecule has 1 aromatic heterocycles. The Morgan fingerprint density at radius 3 is 2.67 bits per heavy atom. The zero-order valence-electron chi connectivity index (χ0n) is 12.1. The van der Waals surface area contributed by atoms with Gasteiger partial charge in [0.2, 0.25) is 0 Å². The smallest absolute Gasteiger partial charge is 0.335 e. The Labute approximate surface area is 122 Å². The van der Waals surface area contributed by atoms with Crippen LogP contribution in [-0.4, -0.2) is 28.3 Å². The van der Waals surface area contributed by atoms with Gasteiger partial charge >= 0.3 is 6.18 Å². The summed E-state index contributed by atoms with van der Waals surface area (Å²) in [6, 6.07) is 0.257. The highest BCUT2D eigenvalue weighted by Gasteiger charge is 2.41. The lowest BCUT2D eigenvalue weighted by Crippen LogP contribution is -2.40. The van der Waals surface area contributed by atoms with Gasteiger partial charge < -0.3 is 9.88 Å². The monoisotopic (exact) mass is 301 g/mol. The van der Waals surface area contributed by atoms with Gasteiger partial charge in [-0.1, -0.05) is 0 Å². The SMILES string of the molecule is FC(F)(F)C1CCC(NCC2CCc3nccn3C2)CC1. The van der Waals surface area contributed by atoms with Crippen LogP contribution in [0.1, 0.15) is 37.9 Å². The van der Waals surface area contributed by atoms with Crippen molar-refractivity contribution in [1.82, 2.24) is 14.9 Å². The van der Waals surface area contributed by atoms with E-state index in [9.17, 15) is 13.2 Å². The number of aryl methyl sites for hydroxylation is 1. The second kappa shape index (κ2) is 5.99. The third-order valence-electron chi connectivity index (χ3n) is 4.92. The topological polar surface area (TPSA) is 29.9 Å². The minimum Gasteiger partial charge on any atom is -0.335 e. The molecule has 0 aromatic carbocycles. The fourth-order valence-electron chi connectivity index (χ4n) is 3.56. The van der Waals surface area contributed by atoms with Gasteiger partial charge in [0.1, 0.15) is 5.82 Å². The predicted octanol–water partition coefficient (Wildman–Crippen LogP) is 3.16. The third-order valence-corrected chi connectivity index (χ3v) is 4.92. The standard InChI is InChI=1S/C15H22F3N3/c16-15(17,18)12-2-4-13(5-3-12)20-9-11-1-6-14-19-7-8-21(14)10-11/h7-8,11-13,20H,1-6,9-10H2. The number of aromatic nitrogens is 2. The van der Waals surface area contributed by atoms with E-state index in [0.29, 0.717) is 18.8 Å². The van der Waals surface area contributed by atoms with Gasteiger partial charge in [0.15, 0.2) is 0 Å². The summed E-state index contributed by atoms with van der Waals surface area (Å²) in [4.78, 5) is 4.31. The molecule has 118 valence electrons. The van der Waals surface area contributed by atoms with E-state index in [1.165, 1.54) is 0 Å². The lowest BCUT2D eigenvalue weighted by Gasteiger charge is -2.32. The number of halogens is 3. The summed E-state index contributed by atoms with van der Waals surface area (Å²) >= 11 is 0. The molecule has 2 aliphatic rings. The van der Waals surface area contributed by atoms with E-state index in [-0.39, 0.29) is 18.9 Å². The predicted molar refractivity (Wildman–Crippen MR) is 73.8 cm³/mol. The molecule has 1 unspecified atom stereocenters. The minimum absolute atomic E-state index is 0.257. The molecule has 0 bridgehead atoms. The van der Waals surface area contributed by atoms with Crippen LogP contribution in [0.4, 0.5) is 13.2 Å². The van der Waals surface area contributed by atoms with Crippen LogP contribution in [0.3, 0.4) is 0 Å². The number of rotatable bonds is 3. The first-order chi connectivity index (χ1) is 10.0. The molecule has 1 aliphatic heterocycles. The van der Waals surface area contributed by atoms with E-state index in [2.05, 4.69) is 14.9 Å². The highest BCUT2D eigenvalue weighted by Crippen LogP contribution is 2.37. The van der Waals surface area contributed by atoms with Gasteiger partial charge in [-0.2, -0.15) is 13.2 Å². The first-order valence-electron chi connectivity index (χ1n) is 7.82. The lowest BCUT2D eigenvalue weighted by atomic mass is 9.85. The Hall–Kier alpha value is -1.04. The fourth-order valence-corrected chi connectivity index (χ4v) is 3.56. The van der Waals surface area contributed by atoms with Gasteiger partial charge in [0.25, 0.3) is 0 Å². The van der Waals surface area contributed by atoms with Gasteiger partial charge in [0, 0.05) is 31.4 Å². The van der Waals surface area contributed by atoms with Crippen molar-refractivity contribution in [2.75, 3.05) is 6.54 Å². The maximum absolute atomic E-state index is 12.6. The van der Waals surface area contributed by atoms with E-state index in [4.69, 9.17) is 0 Å². The van der Waals surface area contributed by atoms with Crippen molar-refractivity contribution in [2.45, 2.75) is 57.3 Å². The number of alkyl halides is 3. The number of imidazole rings is 1. The van der Waals surface area contributed by atoms with E-state index in [1.807, 2.05) is 12.4 Å². The summed E-state index contributed by atoms with van der Waals surface area (Å²) < 4.78 is 40.1. The normalized spacial score (nSPS) is 30.1. The number of hydrogen-bond acceptors (Lipinski definition) is 2. The second-order valence-electron chi connectivity index (χ2n) is 6.40. The molecule has 2 heterocycles. The van der Waals surface area contributed by atoms with Crippen LogP contribution in [0.15, 0.2) is 12.4 Å². The largest absolute Gasteiger partial charge is 0.391 e. The molecular formula is C15H22F3N3. The quantitative estimate of drug-likeness (QED) is 0.929. The first-order valence-corrected chi connectivity index (χ1v) is 7.82. The molecule has 1 atom stereocenters. The average molecular weight is 301 g/mol. The number of nitrogens with one attached hydrogen (secondary N) is 1. The second-order valence-corrected chi connectivity index (χ2v) is 6.40. The molecule has 0 saturated heterocycles. The molecular weight excluding hydrogens is 279 g/mol. The van der Waals surface area contributed by atoms with E-state index in [1.54, 1.807) is 0 Å². The summed E-state index contributed by atoms with van der Waals surface area (Å²) in [7, 11) is 0. The van der Waals surface area contributed by atoms with Crippen molar-refractivity contribution < 1.29 is 13.2 Å². The van der Waals surface area contributed by atoms with Crippen molar-refractivity contribution in [3.05, 3.63) is 18.2 Å². The molecule has 1 fully saturated rings. The molecule has 0 amide bonds. The van der Waals surface area contributed by atoms with Crippen molar-refractivity contribution in [2.24, 2.45) is 11.8 Å². The van der Waals surface area contributed by atoms with Crippen LogP contribution in [0, 0.1) is 11.8 Å². The van der Waals surface area contributed by atoms with Crippen LogP contribution in [0.2, 0.25) is 0 Å². The maximum atomic E-state index is 12.6. The molecule has 3 rings (SSSR count). The maximum Gasteiger partial charge on any atom is 0.391 e. The van der Waals surface area contributed by atoms with Crippen LogP contribution in [-0.2, 0) is 13.0 Å². The molecule has 1 N–H and O–H groups in total. The Kier molecular flexibility index (Phi) is 4.24. The Bertz CT molecular complexity index is 461. The molecule has 21 heavy (non-hydrogen) atoms. The van der Waals surface area contributed by atoms with Crippen LogP contribution in [0.5, 0.6) is 0 Å². The van der Waals surface area contributed by atoms with Crippen molar-refractivity contribution >= 4 is 0 Å². The van der Waals surface area contributed by atoms with Gasteiger partial charge in [-0.05, 0) is 44.6 Å². The number of fused-ring (bicyclic) bond motifs is 1. The first kappa shape index (κ1) is 14.9. The Balaban J connectivity index is 1.41. The fraction of sp³-hybridized carbons (Fsp3) is 0.800. The van der Waals surface area contributed by atoms with Crippen LogP contribution >= 0.6 is 0 Å². The molecule has 1 saturated carbocycles. The minimum atomic E-state index is -4.01. The molecule has 0 radical (unpaired) electrons. The zero-order valence-corrected chi connectivity index (χ0v) is 12.1. The van der Waals surface area contributed by atoms with Crippen LogP contribution < -0.4 is 5.32 Å². The highest BCUT2D eigenvalue weighted by molar-refractivity contribution is 4.97. The zero-order chi connectivity index (χ0) is 14.9. The molecule has 3 nitrogen and oxygen atoms in total. The summed E-state index contributed by atoms with van der Waals surface area (Å²) in [5.74, 6) is 0.628. The highest BCUT2D eigenvalue weighted by atomic mass is 19.4. The Morgan fingerprint density at radius 2 is 1.95 bits per heavy atom. The third kappa shape index (κ3) is 3.59. The van der Waals surface area contributed by atoms with Gasteiger partial charge in [-0.3, -0.25) is 0 Å². The molecule has 1 aromatic rings. The van der Waals surface area contributed by atoms with E-state index >= 15 is 0 Å². The van der Waals surface area contributed by atoms with Gasteiger partial charge in [0.05, 0.1) is 5.92 Å². The van der Waals surface area contributed by atoms with Crippen molar-refractivity contribution in [1.29, 1.82) is 0 Å². The van der Waals surface area contributed by atoms with E-state index in [0.717, 1.165) is 31.8 Å².